The molecule has 0 saturated heterocycles. The van der Waals surface area contributed by atoms with E-state index in [0.29, 0.717) is 22.6 Å². The van der Waals surface area contributed by atoms with Crippen molar-refractivity contribution in [3.05, 3.63) is 90.1 Å². The van der Waals surface area contributed by atoms with Crippen LogP contribution in [-0.2, 0) is 9.59 Å². The Bertz CT molecular complexity index is 2100. The molecule has 0 amide bonds. The Hall–Kier alpha value is -4.60. The summed E-state index contributed by atoms with van der Waals surface area (Å²) in [6, 6.07) is 25.6. The summed E-state index contributed by atoms with van der Waals surface area (Å²) in [6.07, 6.45) is 5.33. The maximum atomic E-state index is 13.0. The second-order valence-corrected chi connectivity index (χ2v) is 13.5. The summed E-state index contributed by atoms with van der Waals surface area (Å²) in [5, 5.41) is 3.31. The minimum atomic E-state index is -0.463. The molecule has 0 N–H and O–H groups in total. The van der Waals surface area contributed by atoms with Crippen molar-refractivity contribution in [3.63, 3.8) is 0 Å². The molecule has 2 saturated carbocycles. The highest BCUT2D eigenvalue weighted by molar-refractivity contribution is 7.21. The molecule has 2 aliphatic rings. The van der Waals surface area contributed by atoms with Crippen molar-refractivity contribution in [2.75, 3.05) is 4.90 Å². The third-order valence-corrected chi connectivity index (χ3v) is 10.8. The maximum Gasteiger partial charge on any atom is 0.243 e. The van der Waals surface area contributed by atoms with Crippen LogP contribution in [0, 0.1) is 25.7 Å². The van der Waals surface area contributed by atoms with Crippen LogP contribution in [-0.4, -0.2) is 31.0 Å². The molecular formula is C36H29N5O2S2. The van der Waals surface area contributed by atoms with E-state index in [4.69, 9.17) is 14.3 Å². The predicted octanol–water partition coefficient (Wildman–Crippen LogP) is 9.09. The third kappa shape index (κ3) is 4.69. The highest BCUT2D eigenvalue weighted by Crippen LogP contribution is 2.50. The number of hydrogen-bond donors (Lipinski definition) is 0. The lowest BCUT2D eigenvalue weighted by molar-refractivity contribution is -0.134. The van der Waals surface area contributed by atoms with Gasteiger partial charge in [0.2, 0.25) is 11.6 Å². The van der Waals surface area contributed by atoms with Gasteiger partial charge in [-0.05, 0) is 51.0 Å². The summed E-state index contributed by atoms with van der Waals surface area (Å²) >= 11 is 2.80. The summed E-state index contributed by atoms with van der Waals surface area (Å²) < 4.78 is 9.29. The molecule has 3 aromatic carbocycles. The second kappa shape index (κ2) is 11.1. The molecule has 3 heterocycles. The topological polar surface area (TPSA) is 88.4 Å². The fraction of sp³-hybridized carbons (Fsp3) is 0.222. The van der Waals surface area contributed by atoms with Crippen LogP contribution in [0.5, 0.6) is 0 Å². The first-order chi connectivity index (χ1) is 22.0. The molecule has 45 heavy (non-hydrogen) atoms. The first-order valence-corrected chi connectivity index (χ1v) is 16.8. The Morgan fingerprint density at radius 1 is 0.778 bits per heavy atom. The van der Waals surface area contributed by atoms with Crippen LogP contribution in [0.3, 0.4) is 0 Å². The van der Waals surface area contributed by atoms with Gasteiger partial charge in [0.05, 0.1) is 17.4 Å². The fourth-order valence-corrected chi connectivity index (χ4v) is 8.59. The van der Waals surface area contributed by atoms with E-state index < -0.39 is 5.78 Å². The lowest BCUT2D eigenvalue weighted by Gasteiger charge is -2.24. The van der Waals surface area contributed by atoms with E-state index in [9.17, 15) is 9.59 Å². The summed E-state index contributed by atoms with van der Waals surface area (Å²) in [6.45, 7) is 4.20. The van der Waals surface area contributed by atoms with Crippen molar-refractivity contribution in [2.24, 2.45) is 16.8 Å². The predicted molar refractivity (Wildman–Crippen MR) is 183 cm³/mol. The van der Waals surface area contributed by atoms with Crippen molar-refractivity contribution < 1.29 is 9.59 Å². The van der Waals surface area contributed by atoms with Crippen LogP contribution in [0.2, 0.25) is 0 Å². The molecular weight excluding hydrogens is 599 g/mol. The molecule has 0 spiro atoms. The molecule has 2 aliphatic carbocycles. The molecule has 0 aliphatic heterocycles. The number of anilines is 3. The summed E-state index contributed by atoms with van der Waals surface area (Å²) in [7, 11) is 0. The van der Waals surface area contributed by atoms with Crippen LogP contribution in [0.15, 0.2) is 84.0 Å². The van der Waals surface area contributed by atoms with Gasteiger partial charge in [-0.25, -0.2) is 9.98 Å². The van der Waals surface area contributed by atoms with E-state index in [2.05, 4.69) is 95.9 Å². The van der Waals surface area contributed by atoms with Crippen molar-refractivity contribution in [1.29, 1.82) is 0 Å². The summed E-state index contributed by atoms with van der Waals surface area (Å²) in [5.74, 6) is -0.774. The van der Waals surface area contributed by atoms with Crippen molar-refractivity contribution in [2.45, 2.75) is 39.5 Å². The number of fused-ring (bicyclic) bond motifs is 3. The van der Waals surface area contributed by atoms with Gasteiger partial charge in [0.15, 0.2) is 5.82 Å². The molecule has 222 valence electrons. The Morgan fingerprint density at radius 2 is 1.40 bits per heavy atom. The zero-order valence-corrected chi connectivity index (χ0v) is 26.5. The highest BCUT2D eigenvalue weighted by atomic mass is 32.1. The number of aryl methyl sites for hydroxylation is 2. The van der Waals surface area contributed by atoms with Crippen molar-refractivity contribution in [1.82, 2.24) is 13.7 Å². The van der Waals surface area contributed by atoms with Crippen LogP contribution < -0.4 is 4.90 Å². The van der Waals surface area contributed by atoms with E-state index in [0.717, 1.165) is 75.0 Å². The molecule has 2 fully saturated rings. The number of carbonyl (C=O) groups excluding carboxylic acids is 2. The van der Waals surface area contributed by atoms with Crippen molar-refractivity contribution in [3.8, 4) is 10.4 Å². The smallest absolute Gasteiger partial charge is 0.243 e. The fourth-order valence-electron chi connectivity index (χ4n) is 6.70. The van der Waals surface area contributed by atoms with E-state index in [1.165, 1.54) is 11.1 Å². The minimum absolute atomic E-state index is 0.125. The normalized spacial score (nSPS) is 19.1. The van der Waals surface area contributed by atoms with Gasteiger partial charge in [-0.3, -0.25) is 9.59 Å². The van der Waals surface area contributed by atoms with Crippen LogP contribution in [0.25, 0.3) is 32.2 Å². The molecule has 2 unspecified atom stereocenters. The van der Waals surface area contributed by atoms with E-state index >= 15 is 0 Å². The zero-order valence-electron chi connectivity index (χ0n) is 24.9. The number of aliphatic imine (C=N–C) groups is 1. The largest absolute Gasteiger partial charge is 0.301 e. The van der Waals surface area contributed by atoms with Gasteiger partial charge in [-0.2, -0.15) is 8.75 Å². The van der Waals surface area contributed by atoms with Gasteiger partial charge in [0, 0.05) is 50.6 Å². The number of carbonyl (C=O) groups is 2. The van der Waals surface area contributed by atoms with Gasteiger partial charge < -0.3 is 4.90 Å². The van der Waals surface area contributed by atoms with Gasteiger partial charge >= 0.3 is 0 Å². The first kappa shape index (κ1) is 27.9. The lowest BCUT2D eigenvalue weighted by Crippen LogP contribution is -2.21. The molecule has 0 bridgehead atoms. The third-order valence-electron chi connectivity index (χ3n) is 9.04. The highest BCUT2D eigenvalue weighted by Gasteiger charge is 2.47. The summed E-state index contributed by atoms with van der Waals surface area (Å²) in [5.41, 5.74) is 7.02. The number of thiophene rings is 1. The maximum absolute atomic E-state index is 13.0. The quantitative estimate of drug-likeness (QED) is 0.177. The second-order valence-electron chi connectivity index (χ2n) is 11.9. The molecule has 2 atom stereocenters. The number of Topliss-reactive ketones (excluding diaryl/α,β-unsaturated/α-hetero) is 2. The van der Waals surface area contributed by atoms with E-state index in [-0.39, 0.29) is 17.6 Å². The zero-order chi connectivity index (χ0) is 30.7. The van der Waals surface area contributed by atoms with Crippen LogP contribution in [0.1, 0.15) is 36.8 Å². The molecule has 0 radical (unpaired) electrons. The number of benzene rings is 3. The van der Waals surface area contributed by atoms with Gasteiger partial charge in [0.1, 0.15) is 16.0 Å². The van der Waals surface area contributed by atoms with Crippen LogP contribution in [0.4, 0.5) is 22.2 Å². The number of rotatable bonds is 5. The Morgan fingerprint density at radius 3 is 2.09 bits per heavy atom. The molecule has 7 nitrogen and oxygen atoms in total. The number of ketones is 2. The van der Waals surface area contributed by atoms with E-state index in [1.54, 1.807) is 17.5 Å². The number of hydrogen-bond acceptors (Lipinski definition) is 9. The SMILES string of the molecule is Cc1ccc(N(c2ccc(C)cc2)c2sc(-c3cnc(N=C4C(=O)C(=O)C5CCCCC45)c4nsnc34)c3ccccc23)cc1. The molecule has 9 heteroatoms. The number of aromatic nitrogens is 3. The number of nitrogens with zero attached hydrogens (tertiary/aromatic N) is 5. The van der Waals surface area contributed by atoms with Gasteiger partial charge in [-0.15, -0.1) is 11.3 Å². The standard InChI is InChI=1S/C36H29N5O2S2/c1-20-11-15-22(16-12-20)41(23-17-13-21(2)14-18-23)36-27-10-6-5-9-26(27)34(44-36)28-19-37-35(31-29(28)39-45-40-31)38-30-24-7-3-4-8-25(24)32(42)33(30)43/h5-6,9-19,24-25H,3-4,7-8H2,1-2H3. The number of pyridine rings is 1. The molecule has 3 aromatic heterocycles. The first-order valence-electron chi connectivity index (χ1n) is 15.2. The van der Waals surface area contributed by atoms with Crippen LogP contribution >= 0.6 is 23.1 Å². The molecule has 8 rings (SSSR count). The lowest BCUT2D eigenvalue weighted by atomic mass is 9.81. The van der Waals surface area contributed by atoms with Gasteiger partial charge in [-0.1, -0.05) is 72.5 Å². The van der Waals surface area contributed by atoms with Gasteiger partial charge in [0.25, 0.3) is 0 Å². The Balaban J connectivity index is 1.29. The Labute approximate surface area is 268 Å². The van der Waals surface area contributed by atoms with E-state index in [1.807, 2.05) is 0 Å². The van der Waals surface area contributed by atoms with Crippen molar-refractivity contribution >= 4 is 84.3 Å². The Kier molecular flexibility index (Phi) is 6.88. The monoisotopic (exact) mass is 627 g/mol. The molecule has 6 aromatic rings. The summed E-state index contributed by atoms with van der Waals surface area (Å²) in [4.78, 5) is 38.5. The average molecular weight is 628 g/mol. The minimum Gasteiger partial charge on any atom is -0.301 e. The average Bonchev–Trinajstić information content (AvgIpc) is 3.77.